The second-order valence-corrected chi connectivity index (χ2v) is 12.4. The molecule has 0 saturated heterocycles. The molecule has 0 radical (unpaired) electrons. The molecule has 1 atom stereocenters. The summed E-state index contributed by atoms with van der Waals surface area (Å²) < 4.78 is 28.8. The van der Waals surface area contributed by atoms with E-state index in [0.717, 1.165) is 15.4 Å². The molecular formula is C30H36ClN3O4S. The monoisotopic (exact) mass is 569 g/mol. The molecule has 39 heavy (non-hydrogen) atoms. The zero-order valence-electron chi connectivity index (χ0n) is 23.0. The van der Waals surface area contributed by atoms with E-state index in [1.807, 2.05) is 27.7 Å². The first-order chi connectivity index (χ1) is 18.4. The van der Waals surface area contributed by atoms with Crippen molar-refractivity contribution in [1.82, 2.24) is 10.2 Å². The summed E-state index contributed by atoms with van der Waals surface area (Å²) in [4.78, 5) is 28.4. The number of aryl methyl sites for hydroxylation is 2. The van der Waals surface area contributed by atoms with Crippen LogP contribution >= 0.6 is 11.6 Å². The maximum absolute atomic E-state index is 13.9. The quantitative estimate of drug-likeness (QED) is 0.338. The Balaban J connectivity index is 2.01. The Kier molecular flexibility index (Phi) is 10.2. The number of carbonyl (C=O) groups is 2. The lowest BCUT2D eigenvalue weighted by molar-refractivity contribution is -0.139. The molecule has 7 nitrogen and oxygen atoms in total. The van der Waals surface area contributed by atoms with Crippen LogP contribution in [0, 0.1) is 19.8 Å². The van der Waals surface area contributed by atoms with Gasteiger partial charge in [0.05, 0.1) is 10.6 Å². The zero-order chi connectivity index (χ0) is 28.7. The SMILES string of the molecule is Cc1ccc(N(CC(=O)N(Cc2ccccc2Cl)[C@H](C)C(=O)NCC(C)C)S(=O)(=O)c2ccc(C)cc2)cc1. The minimum atomic E-state index is -4.10. The van der Waals surface area contributed by atoms with Crippen LogP contribution in [0.15, 0.2) is 77.7 Å². The number of halogens is 1. The lowest BCUT2D eigenvalue weighted by Gasteiger charge is -2.32. The number of hydrogen-bond acceptors (Lipinski definition) is 4. The summed E-state index contributed by atoms with van der Waals surface area (Å²) in [7, 11) is -4.10. The fourth-order valence-corrected chi connectivity index (χ4v) is 5.53. The lowest BCUT2D eigenvalue weighted by atomic mass is 10.1. The normalized spacial score (nSPS) is 12.2. The molecule has 0 spiro atoms. The van der Waals surface area contributed by atoms with Crippen molar-refractivity contribution < 1.29 is 18.0 Å². The van der Waals surface area contributed by atoms with Crippen LogP contribution in [0.3, 0.4) is 0 Å². The summed E-state index contributed by atoms with van der Waals surface area (Å²) in [6.07, 6.45) is 0. The number of amides is 2. The van der Waals surface area contributed by atoms with Gasteiger partial charge in [-0.2, -0.15) is 0 Å². The zero-order valence-corrected chi connectivity index (χ0v) is 24.6. The van der Waals surface area contributed by atoms with Crippen LogP contribution in [0.1, 0.15) is 37.5 Å². The predicted molar refractivity (Wildman–Crippen MR) is 156 cm³/mol. The standard InChI is InChI=1S/C30H36ClN3O4S/c1-21(2)18-32-30(36)24(5)33(19-25-8-6-7-9-28(25)31)29(35)20-34(26-14-10-22(3)11-15-26)39(37,38)27-16-12-23(4)13-17-27/h6-17,21,24H,18-20H2,1-5H3,(H,32,36)/t24-/m1/s1. The van der Waals surface area contributed by atoms with Crippen LogP contribution in [0.2, 0.25) is 5.02 Å². The Hall–Kier alpha value is -3.36. The molecular weight excluding hydrogens is 534 g/mol. The highest BCUT2D eigenvalue weighted by molar-refractivity contribution is 7.92. The maximum atomic E-state index is 13.9. The van der Waals surface area contributed by atoms with Gasteiger partial charge in [-0.3, -0.25) is 13.9 Å². The minimum Gasteiger partial charge on any atom is -0.354 e. The van der Waals surface area contributed by atoms with E-state index >= 15 is 0 Å². The molecule has 9 heteroatoms. The van der Waals surface area contributed by atoms with Gasteiger partial charge in [0, 0.05) is 18.1 Å². The van der Waals surface area contributed by atoms with Crippen LogP contribution in [-0.2, 0) is 26.2 Å². The topological polar surface area (TPSA) is 86.8 Å². The van der Waals surface area contributed by atoms with Crippen molar-refractivity contribution in [3.05, 3.63) is 94.5 Å². The van der Waals surface area contributed by atoms with Gasteiger partial charge in [0.2, 0.25) is 11.8 Å². The molecule has 3 rings (SSSR count). The van der Waals surface area contributed by atoms with Crippen molar-refractivity contribution in [1.29, 1.82) is 0 Å². The van der Waals surface area contributed by atoms with Crippen LogP contribution < -0.4 is 9.62 Å². The van der Waals surface area contributed by atoms with E-state index in [9.17, 15) is 18.0 Å². The second-order valence-electron chi connectivity index (χ2n) is 10.1. The van der Waals surface area contributed by atoms with Gasteiger partial charge in [-0.25, -0.2) is 8.42 Å². The molecule has 0 aromatic heterocycles. The van der Waals surface area contributed by atoms with Crippen molar-refractivity contribution in [2.24, 2.45) is 5.92 Å². The van der Waals surface area contributed by atoms with Crippen LogP contribution in [0.5, 0.6) is 0 Å². The molecule has 0 aliphatic rings. The van der Waals surface area contributed by atoms with E-state index in [-0.39, 0.29) is 23.3 Å². The lowest BCUT2D eigenvalue weighted by Crippen LogP contribution is -2.51. The molecule has 3 aromatic rings. The first kappa shape index (κ1) is 30.2. The number of anilines is 1. The Morgan fingerprint density at radius 3 is 2.00 bits per heavy atom. The van der Waals surface area contributed by atoms with Gasteiger partial charge in [0.25, 0.3) is 10.0 Å². The number of rotatable bonds is 11. The van der Waals surface area contributed by atoms with E-state index in [1.54, 1.807) is 67.6 Å². The van der Waals surface area contributed by atoms with Crippen LogP contribution in [-0.4, -0.2) is 44.3 Å². The van der Waals surface area contributed by atoms with Gasteiger partial charge >= 0.3 is 0 Å². The first-order valence-corrected chi connectivity index (χ1v) is 14.7. The Labute approximate surface area is 236 Å². The van der Waals surface area contributed by atoms with E-state index < -0.39 is 28.5 Å². The summed E-state index contributed by atoms with van der Waals surface area (Å²) >= 11 is 6.40. The van der Waals surface area contributed by atoms with Crippen molar-refractivity contribution >= 4 is 39.1 Å². The number of benzene rings is 3. The second kappa shape index (κ2) is 13.1. The Morgan fingerprint density at radius 2 is 1.44 bits per heavy atom. The fourth-order valence-electron chi connectivity index (χ4n) is 3.92. The Morgan fingerprint density at radius 1 is 0.872 bits per heavy atom. The highest BCUT2D eigenvalue weighted by atomic mass is 35.5. The molecule has 0 aliphatic carbocycles. The minimum absolute atomic E-state index is 0.0427. The summed E-state index contributed by atoms with van der Waals surface area (Å²) in [5.41, 5.74) is 2.87. The van der Waals surface area contributed by atoms with Crippen LogP contribution in [0.25, 0.3) is 0 Å². The third-order valence-electron chi connectivity index (χ3n) is 6.36. The maximum Gasteiger partial charge on any atom is 0.264 e. The summed E-state index contributed by atoms with van der Waals surface area (Å²) in [6.45, 7) is 9.36. The number of carbonyl (C=O) groups excluding carboxylic acids is 2. The number of nitrogens with one attached hydrogen (secondary N) is 1. The van der Waals surface area contributed by atoms with Gasteiger partial charge in [-0.1, -0.05) is 79.0 Å². The summed E-state index contributed by atoms with van der Waals surface area (Å²) in [5.74, 6) is -0.628. The summed E-state index contributed by atoms with van der Waals surface area (Å²) in [6, 6.07) is 19.6. The van der Waals surface area contributed by atoms with Gasteiger partial charge in [-0.15, -0.1) is 0 Å². The van der Waals surface area contributed by atoms with Gasteiger partial charge in [0.1, 0.15) is 12.6 Å². The van der Waals surface area contributed by atoms with Crippen molar-refractivity contribution in [2.75, 3.05) is 17.4 Å². The molecule has 0 heterocycles. The number of hydrogen-bond donors (Lipinski definition) is 1. The van der Waals surface area contributed by atoms with Gasteiger partial charge in [-0.05, 0) is 62.6 Å². The molecule has 0 bridgehead atoms. The molecule has 1 N–H and O–H groups in total. The summed E-state index contributed by atoms with van der Waals surface area (Å²) in [5, 5.41) is 3.32. The average molecular weight is 570 g/mol. The van der Waals surface area contributed by atoms with Gasteiger partial charge < -0.3 is 10.2 Å². The highest BCUT2D eigenvalue weighted by Crippen LogP contribution is 2.26. The molecule has 3 aromatic carbocycles. The van der Waals surface area contributed by atoms with Crippen molar-refractivity contribution in [3.63, 3.8) is 0 Å². The third-order valence-corrected chi connectivity index (χ3v) is 8.52. The molecule has 0 unspecified atom stereocenters. The van der Waals surface area contributed by atoms with E-state index in [2.05, 4.69) is 5.32 Å². The third kappa shape index (κ3) is 7.83. The van der Waals surface area contributed by atoms with E-state index in [0.29, 0.717) is 22.8 Å². The molecule has 2 amide bonds. The molecule has 0 fully saturated rings. The van der Waals surface area contributed by atoms with E-state index in [4.69, 9.17) is 11.6 Å². The fraction of sp³-hybridized carbons (Fsp3) is 0.333. The smallest absolute Gasteiger partial charge is 0.264 e. The molecule has 208 valence electrons. The predicted octanol–water partition coefficient (Wildman–Crippen LogP) is 5.34. The van der Waals surface area contributed by atoms with Crippen molar-refractivity contribution in [3.8, 4) is 0 Å². The number of nitrogens with zero attached hydrogens (tertiary/aromatic N) is 2. The number of sulfonamides is 1. The van der Waals surface area contributed by atoms with E-state index in [1.165, 1.54) is 17.0 Å². The molecule has 0 saturated carbocycles. The molecule has 0 aliphatic heterocycles. The Bertz CT molecular complexity index is 1390. The van der Waals surface area contributed by atoms with Crippen molar-refractivity contribution in [2.45, 2.75) is 52.1 Å². The first-order valence-electron chi connectivity index (χ1n) is 12.9. The van der Waals surface area contributed by atoms with Crippen LogP contribution in [0.4, 0.5) is 5.69 Å². The highest BCUT2D eigenvalue weighted by Gasteiger charge is 2.32. The average Bonchev–Trinajstić information content (AvgIpc) is 2.90. The van der Waals surface area contributed by atoms with Gasteiger partial charge in [0.15, 0.2) is 0 Å². The largest absolute Gasteiger partial charge is 0.354 e.